The molecule has 0 aliphatic heterocycles. The van der Waals surface area contributed by atoms with Gasteiger partial charge in [-0.1, -0.05) is 12.1 Å². The van der Waals surface area contributed by atoms with Gasteiger partial charge >= 0.3 is 6.03 Å². The summed E-state index contributed by atoms with van der Waals surface area (Å²) in [5.74, 6) is -0.271. The minimum atomic E-state index is -0.383. The highest BCUT2D eigenvalue weighted by molar-refractivity contribution is 5.73. The molecule has 1 heterocycles. The Kier molecular flexibility index (Phi) is 5.16. The molecule has 1 aromatic heterocycles. The lowest BCUT2D eigenvalue weighted by molar-refractivity contribution is 0.240. The van der Waals surface area contributed by atoms with E-state index in [0.29, 0.717) is 11.1 Å². The molecule has 2 aromatic rings. The van der Waals surface area contributed by atoms with Crippen molar-refractivity contribution in [2.24, 2.45) is 0 Å². The molecule has 0 atom stereocenters. The minimum Gasteiger partial charge on any atom is -0.334 e. The number of carbonyl (C=O) groups excluding carboxylic acids is 1. The molecule has 2 rings (SSSR count). The summed E-state index contributed by atoms with van der Waals surface area (Å²) in [5, 5.41) is 5.33. The van der Waals surface area contributed by atoms with Crippen LogP contribution in [0.2, 0.25) is 0 Å². The van der Waals surface area contributed by atoms with Crippen molar-refractivity contribution in [2.75, 3.05) is 0 Å². The van der Waals surface area contributed by atoms with Crippen molar-refractivity contribution in [3.8, 4) is 0 Å². The van der Waals surface area contributed by atoms with Gasteiger partial charge in [0.05, 0.1) is 6.54 Å². The second kappa shape index (κ2) is 7.09. The molecule has 122 valence electrons. The Labute approximate surface area is 133 Å². The second-order valence-corrected chi connectivity index (χ2v) is 5.56. The lowest BCUT2D eigenvalue weighted by atomic mass is 10.1. The fourth-order valence-corrected chi connectivity index (χ4v) is 2.33. The van der Waals surface area contributed by atoms with Crippen molar-refractivity contribution in [1.82, 2.24) is 15.6 Å². The van der Waals surface area contributed by atoms with Gasteiger partial charge in [0.1, 0.15) is 5.82 Å². The predicted octanol–water partition coefficient (Wildman–Crippen LogP) is 2.44. The Balaban J connectivity index is 1.91. The highest BCUT2D eigenvalue weighted by Crippen LogP contribution is 2.09. The molecule has 6 heteroatoms. The van der Waals surface area contributed by atoms with E-state index in [9.17, 15) is 14.0 Å². The number of H-pyrrole nitrogens is 1. The zero-order valence-electron chi connectivity index (χ0n) is 13.4. The summed E-state index contributed by atoms with van der Waals surface area (Å²) in [6.45, 7) is 5.75. The molecule has 0 unspecified atom stereocenters. The molecule has 0 aliphatic carbocycles. The van der Waals surface area contributed by atoms with E-state index in [4.69, 9.17) is 0 Å². The lowest BCUT2D eigenvalue weighted by Crippen LogP contribution is -2.36. The highest BCUT2D eigenvalue weighted by Gasteiger charge is 2.07. The molecule has 0 spiro atoms. The van der Waals surface area contributed by atoms with E-state index in [1.807, 2.05) is 19.9 Å². The summed E-state index contributed by atoms with van der Waals surface area (Å²) >= 11 is 0. The molecule has 0 saturated heterocycles. The van der Waals surface area contributed by atoms with Crippen LogP contribution in [0.4, 0.5) is 9.18 Å². The van der Waals surface area contributed by atoms with Gasteiger partial charge in [0, 0.05) is 17.8 Å². The average molecular weight is 317 g/mol. The van der Waals surface area contributed by atoms with Crippen LogP contribution in [0.15, 0.2) is 29.1 Å². The van der Waals surface area contributed by atoms with Crippen LogP contribution in [0.5, 0.6) is 0 Å². The highest BCUT2D eigenvalue weighted by atomic mass is 19.1. The van der Waals surface area contributed by atoms with Gasteiger partial charge in [-0.05, 0) is 49.6 Å². The third kappa shape index (κ3) is 4.42. The summed E-state index contributed by atoms with van der Waals surface area (Å²) in [5.41, 5.74) is 3.29. The normalized spacial score (nSPS) is 10.4. The molecule has 0 saturated carbocycles. The molecular weight excluding hydrogens is 297 g/mol. The maximum Gasteiger partial charge on any atom is 0.315 e. The standard InChI is InChI=1S/C17H20FN3O2/c1-10-6-12(3)21-16(22)14(10)9-20-17(23)19-8-13-4-5-15(18)11(2)7-13/h4-7H,8-9H2,1-3H3,(H,21,22)(H2,19,20,23). The molecule has 0 fully saturated rings. The quantitative estimate of drug-likeness (QED) is 0.810. The zero-order valence-corrected chi connectivity index (χ0v) is 13.4. The molecule has 0 aliphatic rings. The summed E-state index contributed by atoms with van der Waals surface area (Å²) in [4.78, 5) is 26.4. The molecule has 2 amide bonds. The molecule has 23 heavy (non-hydrogen) atoms. The first-order chi connectivity index (χ1) is 10.9. The predicted molar refractivity (Wildman–Crippen MR) is 86.7 cm³/mol. The number of nitrogens with one attached hydrogen (secondary N) is 3. The Hall–Kier alpha value is -2.63. The number of hydrogen-bond donors (Lipinski definition) is 3. The van der Waals surface area contributed by atoms with Crippen molar-refractivity contribution < 1.29 is 9.18 Å². The van der Waals surface area contributed by atoms with Gasteiger partial charge in [0.25, 0.3) is 5.56 Å². The fourth-order valence-electron chi connectivity index (χ4n) is 2.33. The SMILES string of the molecule is Cc1cc(C)c(CNC(=O)NCc2ccc(F)c(C)c2)c(=O)[nH]1. The second-order valence-electron chi connectivity index (χ2n) is 5.56. The number of urea groups is 1. The smallest absolute Gasteiger partial charge is 0.315 e. The van der Waals surface area contributed by atoms with Crippen LogP contribution in [-0.4, -0.2) is 11.0 Å². The van der Waals surface area contributed by atoms with Gasteiger partial charge in [0.15, 0.2) is 0 Å². The van der Waals surface area contributed by atoms with E-state index >= 15 is 0 Å². The van der Waals surface area contributed by atoms with Crippen molar-refractivity contribution in [2.45, 2.75) is 33.9 Å². The summed E-state index contributed by atoms with van der Waals surface area (Å²) in [6.07, 6.45) is 0. The summed E-state index contributed by atoms with van der Waals surface area (Å²) < 4.78 is 13.2. The first-order valence-electron chi connectivity index (χ1n) is 7.33. The lowest BCUT2D eigenvalue weighted by Gasteiger charge is -2.10. The maximum absolute atomic E-state index is 13.2. The monoisotopic (exact) mass is 317 g/mol. The van der Waals surface area contributed by atoms with Crippen LogP contribution in [0.3, 0.4) is 0 Å². The summed E-state index contributed by atoms with van der Waals surface area (Å²) in [6, 6.07) is 6.16. The van der Waals surface area contributed by atoms with Crippen LogP contribution in [0.25, 0.3) is 0 Å². The Morgan fingerprint density at radius 2 is 1.78 bits per heavy atom. The molecule has 1 aromatic carbocycles. The van der Waals surface area contributed by atoms with Crippen molar-refractivity contribution in [3.05, 3.63) is 68.4 Å². The van der Waals surface area contributed by atoms with Gasteiger partial charge < -0.3 is 15.6 Å². The number of aromatic nitrogens is 1. The van der Waals surface area contributed by atoms with Gasteiger partial charge in [-0.25, -0.2) is 9.18 Å². The Bertz CT molecular complexity index is 784. The van der Waals surface area contributed by atoms with Crippen LogP contribution in [0.1, 0.15) is 27.9 Å². The number of aromatic amines is 1. The Morgan fingerprint density at radius 3 is 2.43 bits per heavy atom. The molecule has 0 bridgehead atoms. The average Bonchev–Trinajstić information content (AvgIpc) is 2.47. The van der Waals surface area contributed by atoms with E-state index in [1.165, 1.54) is 6.07 Å². The van der Waals surface area contributed by atoms with E-state index in [-0.39, 0.29) is 30.5 Å². The minimum absolute atomic E-state index is 0.149. The molecule has 0 radical (unpaired) electrons. The number of benzene rings is 1. The van der Waals surface area contributed by atoms with Crippen molar-refractivity contribution >= 4 is 6.03 Å². The number of amides is 2. The number of aryl methyl sites for hydroxylation is 3. The molecular formula is C17H20FN3O2. The fraction of sp³-hybridized carbons (Fsp3) is 0.294. The largest absolute Gasteiger partial charge is 0.334 e. The van der Waals surface area contributed by atoms with Crippen LogP contribution < -0.4 is 16.2 Å². The Morgan fingerprint density at radius 1 is 1.09 bits per heavy atom. The molecule has 5 nitrogen and oxygen atoms in total. The van der Waals surface area contributed by atoms with E-state index in [0.717, 1.165) is 16.8 Å². The molecule has 3 N–H and O–H groups in total. The van der Waals surface area contributed by atoms with Crippen molar-refractivity contribution in [1.29, 1.82) is 0 Å². The van der Waals surface area contributed by atoms with Gasteiger partial charge in [0.2, 0.25) is 0 Å². The number of pyridine rings is 1. The number of halogens is 1. The first kappa shape index (κ1) is 16.7. The number of hydrogen-bond acceptors (Lipinski definition) is 2. The first-order valence-corrected chi connectivity index (χ1v) is 7.33. The van der Waals surface area contributed by atoms with Crippen LogP contribution in [-0.2, 0) is 13.1 Å². The number of carbonyl (C=O) groups is 1. The van der Waals surface area contributed by atoms with Gasteiger partial charge in [-0.15, -0.1) is 0 Å². The van der Waals surface area contributed by atoms with E-state index in [1.54, 1.807) is 19.1 Å². The zero-order chi connectivity index (χ0) is 17.0. The van der Waals surface area contributed by atoms with E-state index in [2.05, 4.69) is 15.6 Å². The van der Waals surface area contributed by atoms with Crippen LogP contribution >= 0.6 is 0 Å². The van der Waals surface area contributed by atoms with Gasteiger partial charge in [-0.3, -0.25) is 4.79 Å². The third-order valence-electron chi connectivity index (χ3n) is 3.59. The maximum atomic E-state index is 13.2. The van der Waals surface area contributed by atoms with E-state index < -0.39 is 0 Å². The van der Waals surface area contributed by atoms with Crippen molar-refractivity contribution in [3.63, 3.8) is 0 Å². The topological polar surface area (TPSA) is 74.0 Å². The van der Waals surface area contributed by atoms with Crippen LogP contribution in [0, 0.1) is 26.6 Å². The summed E-state index contributed by atoms with van der Waals surface area (Å²) in [7, 11) is 0. The van der Waals surface area contributed by atoms with Gasteiger partial charge in [-0.2, -0.15) is 0 Å². The third-order valence-corrected chi connectivity index (χ3v) is 3.59. The number of rotatable bonds is 4.